The van der Waals surface area contributed by atoms with Gasteiger partial charge in [-0.15, -0.1) is 0 Å². The molecule has 0 rings (SSSR count). The van der Waals surface area contributed by atoms with Crippen LogP contribution in [0.5, 0.6) is 0 Å². The average molecular weight is 214 g/mol. The van der Waals surface area contributed by atoms with Gasteiger partial charge in [0.25, 0.3) is 0 Å². The average Bonchev–Trinajstić information content (AvgIpc) is 2.21. The second-order valence-corrected chi connectivity index (χ2v) is 5.26. The third-order valence-corrected chi connectivity index (χ3v) is 3.37. The van der Waals surface area contributed by atoms with Gasteiger partial charge in [-0.25, -0.2) is 0 Å². The van der Waals surface area contributed by atoms with Crippen molar-refractivity contribution in [2.24, 2.45) is 17.6 Å². The van der Waals surface area contributed by atoms with Crippen LogP contribution in [0.4, 0.5) is 0 Å². The van der Waals surface area contributed by atoms with E-state index in [9.17, 15) is 0 Å². The summed E-state index contributed by atoms with van der Waals surface area (Å²) in [5.41, 5.74) is 5.80. The van der Waals surface area contributed by atoms with Crippen LogP contribution in [0.2, 0.25) is 0 Å². The van der Waals surface area contributed by atoms with Crippen molar-refractivity contribution in [2.45, 2.75) is 53.0 Å². The van der Waals surface area contributed by atoms with Crippen LogP contribution in [0.15, 0.2) is 0 Å². The highest BCUT2D eigenvalue weighted by Crippen LogP contribution is 2.15. The van der Waals surface area contributed by atoms with Gasteiger partial charge in [0.15, 0.2) is 0 Å². The van der Waals surface area contributed by atoms with Crippen LogP contribution in [0.25, 0.3) is 0 Å². The number of hydrogen-bond acceptors (Lipinski definition) is 2. The minimum absolute atomic E-state index is 0.697. The van der Waals surface area contributed by atoms with Crippen molar-refractivity contribution in [2.75, 3.05) is 20.1 Å². The Hall–Kier alpha value is -0.0800. The van der Waals surface area contributed by atoms with Crippen molar-refractivity contribution in [3.63, 3.8) is 0 Å². The largest absolute Gasteiger partial charge is 0.330 e. The summed E-state index contributed by atoms with van der Waals surface area (Å²) in [4.78, 5) is 2.45. The molecule has 0 aromatic carbocycles. The summed E-state index contributed by atoms with van der Waals surface area (Å²) in [6.07, 6.45) is 3.74. The Kier molecular flexibility index (Phi) is 8.07. The maximum absolute atomic E-state index is 5.80. The van der Waals surface area contributed by atoms with Crippen molar-refractivity contribution < 1.29 is 0 Å². The van der Waals surface area contributed by atoms with E-state index in [0.29, 0.717) is 12.0 Å². The highest BCUT2D eigenvalue weighted by atomic mass is 15.1. The molecule has 0 aromatic rings. The number of hydrogen-bond donors (Lipinski definition) is 1. The first kappa shape index (κ1) is 14.9. The first-order valence-electron chi connectivity index (χ1n) is 6.41. The zero-order valence-electron chi connectivity index (χ0n) is 11.3. The summed E-state index contributed by atoms with van der Waals surface area (Å²) in [6, 6.07) is 0.697. The molecule has 0 aliphatic rings. The van der Waals surface area contributed by atoms with E-state index < -0.39 is 0 Å². The van der Waals surface area contributed by atoms with Gasteiger partial charge in [-0.3, -0.25) is 0 Å². The molecule has 0 spiro atoms. The van der Waals surface area contributed by atoms with Crippen molar-refractivity contribution in [1.29, 1.82) is 0 Å². The molecular weight excluding hydrogens is 184 g/mol. The second-order valence-electron chi connectivity index (χ2n) is 5.26. The molecule has 0 aromatic heterocycles. The standard InChI is InChI=1S/C13H30N2/c1-6-12(4)15(5)8-7-13(10-14)9-11(2)3/h11-13H,6-10,14H2,1-5H3. The Balaban J connectivity index is 3.79. The van der Waals surface area contributed by atoms with Gasteiger partial charge >= 0.3 is 0 Å². The minimum Gasteiger partial charge on any atom is -0.330 e. The summed E-state index contributed by atoms with van der Waals surface area (Å²) in [6.45, 7) is 11.1. The Morgan fingerprint density at radius 3 is 2.20 bits per heavy atom. The predicted molar refractivity (Wildman–Crippen MR) is 69.0 cm³/mol. The SMILES string of the molecule is CCC(C)N(C)CCC(CN)CC(C)C. The van der Waals surface area contributed by atoms with Gasteiger partial charge in [0, 0.05) is 6.04 Å². The van der Waals surface area contributed by atoms with E-state index >= 15 is 0 Å². The minimum atomic E-state index is 0.697. The highest BCUT2D eigenvalue weighted by Gasteiger charge is 2.12. The molecule has 0 fully saturated rings. The van der Waals surface area contributed by atoms with Gasteiger partial charge in [0.1, 0.15) is 0 Å². The van der Waals surface area contributed by atoms with Gasteiger partial charge in [-0.1, -0.05) is 20.8 Å². The Bertz CT molecular complexity index is 145. The molecule has 0 heterocycles. The van der Waals surface area contributed by atoms with Crippen molar-refractivity contribution in [3.05, 3.63) is 0 Å². The summed E-state index contributed by atoms with van der Waals surface area (Å²) in [7, 11) is 2.22. The van der Waals surface area contributed by atoms with Crippen LogP contribution in [0.1, 0.15) is 47.0 Å². The zero-order chi connectivity index (χ0) is 11.8. The van der Waals surface area contributed by atoms with Crippen LogP contribution in [-0.2, 0) is 0 Å². The molecule has 2 nitrogen and oxygen atoms in total. The monoisotopic (exact) mass is 214 g/mol. The second kappa shape index (κ2) is 8.12. The number of rotatable bonds is 8. The summed E-state index contributed by atoms with van der Waals surface area (Å²) in [5.74, 6) is 1.48. The molecule has 0 saturated heterocycles. The lowest BCUT2D eigenvalue weighted by Crippen LogP contribution is -2.31. The number of nitrogens with zero attached hydrogens (tertiary/aromatic N) is 1. The first-order chi connectivity index (χ1) is 7.01. The lowest BCUT2D eigenvalue weighted by atomic mass is 9.94. The van der Waals surface area contributed by atoms with Crippen LogP contribution in [0.3, 0.4) is 0 Å². The Morgan fingerprint density at radius 2 is 1.80 bits per heavy atom. The van der Waals surface area contributed by atoms with E-state index in [4.69, 9.17) is 5.73 Å². The third-order valence-electron chi connectivity index (χ3n) is 3.37. The smallest absolute Gasteiger partial charge is 0.00612 e. The molecule has 2 unspecified atom stereocenters. The van der Waals surface area contributed by atoms with E-state index in [2.05, 4.69) is 39.6 Å². The molecule has 92 valence electrons. The van der Waals surface area contributed by atoms with E-state index in [0.717, 1.165) is 12.5 Å². The van der Waals surface area contributed by atoms with Gasteiger partial charge in [0.05, 0.1) is 0 Å². The third kappa shape index (κ3) is 6.91. The normalized spacial score (nSPS) is 16.0. The molecule has 0 aliphatic heterocycles. The Morgan fingerprint density at radius 1 is 1.20 bits per heavy atom. The van der Waals surface area contributed by atoms with Crippen molar-refractivity contribution in [3.8, 4) is 0 Å². The van der Waals surface area contributed by atoms with Gasteiger partial charge < -0.3 is 10.6 Å². The molecule has 0 saturated carbocycles. The molecule has 2 atom stereocenters. The van der Waals surface area contributed by atoms with E-state index in [1.807, 2.05) is 0 Å². The quantitative estimate of drug-likeness (QED) is 0.673. The number of nitrogens with two attached hydrogens (primary N) is 1. The molecule has 2 N–H and O–H groups in total. The maximum atomic E-state index is 5.80. The van der Waals surface area contributed by atoms with E-state index in [-0.39, 0.29) is 0 Å². The molecule has 0 bridgehead atoms. The summed E-state index contributed by atoms with van der Waals surface area (Å²) >= 11 is 0. The molecule has 15 heavy (non-hydrogen) atoms. The highest BCUT2D eigenvalue weighted by molar-refractivity contribution is 4.67. The Labute approximate surface area is 96.2 Å². The van der Waals surface area contributed by atoms with Crippen LogP contribution < -0.4 is 5.73 Å². The topological polar surface area (TPSA) is 29.3 Å². The summed E-state index contributed by atoms with van der Waals surface area (Å²) < 4.78 is 0. The van der Waals surface area contributed by atoms with Crippen LogP contribution >= 0.6 is 0 Å². The van der Waals surface area contributed by atoms with Crippen LogP contribution in [-0.4, -0.2) is 31.1 Å². The fourth-order valence-corrected chi connectivity index (χ4v) is 1.92. The predicted octanol–water partition coefficient (Wildman–Crippen LogP) is 2.73. The summed E-state index contributed by atoms with van der Waals surface area (Å²) in [5, 5.41) is 0. The fourth-order valence-electron chi connectivity index (χ4n) is 1.92. The molecule has 2 heteroatoms. The fraction of sp³-hybridized carbons (Fsp3) is 1.00. The van der Waals surface area contributed by atoms with Gasteiger partial charge in [-0.2, -0.15) is 0 Å². The van der Waals surface area contributed by atoms with Gasteiger partial charge in [-0.05, 0) is 58.2 Å². The lowest BCUT2D eigenvalue weighted by Gasteiger charge is -2.26. The first-order valence-corrected chi connectivity index (χ1v) is 6.41. The maximum Gasteiger partial charge on any atom is 0.00612 e. The van der Waals surface area contributed by atoms with E-state index in [1.54, 1.807) is 0 Å². The van der Waals surface area contributed by atoms with Crippen molar-refractivity contribution in [1.82, 2.24) is 4.90 Å². The zero-order valence-corrected chi connectivity index (χ0v) is 11.3. The molecule has 0 radical (unpaired) electrons. The van der Waals surface area contributed by atoms with E-state index in [1.165, 1.54) is 25.8 Å². The molecule has 0 amide bonds. The van der Waals surface area contributed by atoms with Gasteiger partial charge in [0.2, 0.25) is 0 Å². The molecular formula is C13H30N2. The molecule has 0 aliphatic carbocycles. The van der Waals surface area contributed by atoms with Crippen molar-refractivity contribution >= 4 is 0 Å². The lowest BCUT2D eigenvalue weighted by molar-refractivity contribution is 0.226. The van der Waals surface area contributed by atoms with Crippen LogP contribution in [0, 0.1) is 11.8 Å².